The molecule has 0 unspecified atom stereocenters. The van der Waals surface area contributed by atoms with Gasteiger partial charge < -0.3 is 9.64 Å². The maximum Gasteiger partial charge on any atom is 0.141 e. The van der Waals surface area contributed by atoms with Crippen LogP contribution in [0.25, 0.3) is 0 Å². The van der Waals surface area contributed by atoms with Crippen molar-refractivity contribution in [3.63, 3.8) is 0 Å². The third kappa shape index (κ3) is 3.93. The zero-order valence-electron chi connectivity index (χ0n) is 10.3. The first-order valence-corrected chi connectivity index (χ1v) is 6.69. The Morgan fingerprint density at radius 3 is 2.25 bits per heavy atom. The summed E-state index contributed by atoms with van der Waals surface area (Å²) in [6.07, 6.45) is 0. The third-order valence-electron chi connectivity index (χ3n) is 2.38. The van der Waals surface area contributed by atoms with Gasteiger partial charge in [0.25, 0.3) is 0 Å². The number of hydrogen-bond donors (Lipinski definition) is 1. The summed E-state index contributed by atoms with van der Waals surface area (Å²) >= 11 is 5.59. The van der Waals surface area contributed by atoms with Gasteiger partial charge in [-0.05, 0) is 5.87 Å². The second-order valence-corrected chi connectivity index (χ2v) is 4.93. The van der Waals surface area contributed by atoms with Crippen LogP contribution >= 0.6 is 24.0 Å². The van der Waals surface area contributed by atoms with Crippen molar-refractivity contribution >= 4 is 34.7 Å². The summed E-state index contributed by atoms with van der Waals surface area (Å²) in [4.78, 5) is 1.77. The van der Waals surface area contributed by atoms with Crippen LogP contribution in [0.5, 0.6) is 0 Å². The molecule has 8 heteroatoms. The molecule has 1 aliphatic rings. The molecule has 0 spiro atoms. The molecule has 1 saturated heterocycles. The topological polar surface area (TPSA) is 108 Å². The minimum Gasteiger partial charge on any atom is -0.378 e. The molecule has 1 N–H and O–H groups in total. The Hall–Kier alpha value is -2.14. The number of thiocarbonyl (C=S) groups is 1. The zero-order chi connectivity index (χ0) is 15.0. The molecular weight excluding hydrogens is 294 g/mol. The lowest BCUT2D eigenvalue weighted by atomic mass is 10.3. The van der Waals surface area contributed by atoms with Crippen molar-refractivity contribution in [3.8, 4) is 18.2 Å². The number of thioether (sulfide) groups is 1. The van der Waals surface area contributed by atoms with Crippen LogP contribution in [0.15, 0.2) is 15.5 Å². The number of morpholine rings is 1. The van der Waals surface area contributed by atoms with Crippen molar-refractivity contribution in [2.24, 2.45) is 0 Å². The molecule has 6 nitrogen and oxygen atoms in total. The summed E-state index contributed by atoms with van der Waals surface area (Å²) in [6.45, 7) is 2.00. The molecule has 0 atom stereocenters. The third-order valence-corrected chi connectivity index (χ3v) is 3.80. The lowest BCUT2D eigenvalue weighted by molar-refractivity contribution is 0.0557. The first kappa shape index (κ1) is 15.9. The van der Waals surface area contributed by atoms with Gasteiger partial charge in [0.15, 0.2) is 0 Å². The van der Waals surface area contributed by atoms with Gasteiger partial charge in [0.1, 0.15) is 38.6 Å². The van der Waals surface area contributed by atoms with Crippen LogP contribution in [0.1, 0.15) is 0 Å². The fraction of sp³-hybridized carbons (Fsp3) is 0.333. The lowest BCUT2D eigenvalue weighted by Gasteiger charge is -2.28. The second kappa shape index (κ2) is 8.12. The summed E-state index contributed by atoms with van der Waals surface area (Å²) in [5.41, 5.74) is 0.203. The SMILES string of the molecule is N#CC(=S)C(=C=N)S/C(C#N)=C(/C#N)N1CCOCC1. The van der Waals surface area contributed by atoms with Gasteiger partial charge in [-0.25, -0.2) is 0 Å². The maximum absolute atomic E-state index is 9.23. The number of hydrogen-bond acceptors (Lipinski definition) is 8. The van der Waals surface area contributed by atoms with E-state index in [9.17, 15) is 10.5 Å². The molecule has 1 fully saturated rings. The van der Waals surface area contributed by atoms with Gasteiger partial charge in [-0.1, -0.05) is 24.0 Å². The van der Waals surface area contributed by atoms with E-state index in [1.165, 1.54) is 0 Å². The number of nitriles is 3. The van der Waals surface area contributed by atoms with Gasteiger partial charge >= 0.3 is 0 Å². The Morgan fingerprint density at radius 1 is 1.15 bits per heavy atom. The summed E-state index contributed by atoms with van der Waals surface area (Å²) in [5.74, 6) is 2.03. The van der Waals surface area contributed by atoms with Crippen LogP contribution in [-0.4, -0.2) is 41.9 Å². The zero-order valence-corrected chi connectivity index (χ0v) is 12.0. The summed E-state index contributed by atoms with van der Waals surface area (Å²) in [7, 11) is 0. The highest BCUT2D eigenvalue weighted by atomic mass is 32.2. The Kier molecular flexibility index (Phi) is 6.46. The van der Waals surface area contributed by atoms with E-state index in [0.29, 0.717) is 26.3 Å². The number of rotatable bonds is 4. The Balaban J connectivity index is 3.08. The molecule has 1 rings (SSSR count). The highest BCUT2D eigenvalue weighted by molar-refractivity contribution is 8.09. The molecule has 0 saturated carbocycles. The second-order valence-electron chi connectivity index (χ2n) is 3.50. The number of nitrogens with zero attached hydrogens (tertiary/aromatic N) is 4. The summed E-state index contributed by atoms with van der Waals surface area (Å²) in [6, 6.07) is 5.63. The van der Waals surface area contributed by atoms with Crippen LogP contribution in [0.2, 0.25) is 0 Å². The van der Waals surface area contributed by atoms with Crippen molar-refractivity contribution in [2.45, 2.75) is 0 Å². The summed E-state index contributed by atoms with van der Waals surface area (Å²) in [5, 5.41) is 34.3. The van der Waals surface area contributed by atoms with Gasteiger partial charge in [-0.2, -0.15) is 15.8 Å². The first-order valence-electron chi connectivity index (χ1n) is 5.47. The Morgan fingerprint density at radius 2 is 1.80 bits per heavy atom. The van der Waals surface area contributed by atoms with E-state index in [0.717, 1.165) is 11.8 Å². The molecule has 0 amide bonds. The van der Waals surface area contributed by atoms with Gasteiger partial charge in [-0.15, -0.1) is 0 Å². The minimum absolute atomic E-state index is 0.0556. The molecule has 1 aliphatic heterocycles. The minimum atomic E-state index is -0.128. The molecule has 100 valence electrons. The van der Waals surface area contributed by atoms with Crippen LogP contribution < -0.4 is 0 Å². The van der Waals surface area contributed by atoms with E-state index < -0.39 is 0 Å². The quantitative estimate of drug-likeness (QED) is 0.361. The van der Waals surface area contributed by atoms with Crippen molar-refractivity contribution < 1.29 is 4.74 Å². The largest absolute Gasteiger partial charge is 0.378 e. The molecule has 0 aromatic rings. The van der Waals surface area contributed by atoms with Gasteiger partial charge in [-0.3, -0.25) is 5.41 Å². The Labute approximate surface area is 126 Å². The lowest BCUT2D eigenvalue weighted by Crippen LogP contribution is -2.35. The fourth-order valence-electron chi connectivity index (χ4n) is 1.46. The first-order chi connectivity index (χ1) is 9.67. The van der Waals surface area contributed by atoms with Gasteiger partial charge in [0.05, 0.1) is 13.2 Å². The van der Waals surface area contributed by atoms with Crippen LogP contribution in [0, 0.1) is 39.4 Å². The fourth-order valence-corrected chi connectivity index (χ4v) is 2.34. The van der Waals surface area contributed by atoms with E-state index >= 15 is 0 Å². The number of allylic oxidation sites excluding steroid dienone is 3. The highest BCUT2D eigenvalue weighted by Crippen LogP contribution is 2.28. The molecule has 0 aliphatic carbocycles. The van der Waals surface area contributed by atoms with E-state index in [2.05, 4.69) is 0 Å². The van der Waals surface area contributed by atoms with Crippen LogP contribution in [0.4, 0.5) is 0 Å². The van der Waals surface area contributed by atoms with Gasteiger partial charge in [0, 0.05) is 13.1 Å². The molecule has 1 heterocycles. The molecule has 0 radical (unpaired) electrons. The van der Waals surface area contributed by atoms with Crippen molar-refractivity contribution in [3.05, 3.63) is 15.5 Å². The van der Waals surface area contributed by atoms with Crippen LogP contribution in [-0.2, 0) is 4.74 Å². The number of ether oxygens (including phenoxy) is 1. The van der Waals surface area contributed by atoms with E-state index in [1.807, 2.05) is 18.0 Å². The van der Waals surface area contributed by atoms with Crippen molar-refractivity contribution in [2.75, 3.05) is 26.3 Å². The molecular formula is C12H9N5OS2. The van der Waals surface area contributed by atoms with Gasteiger partial charge in [0.2, 0.25) is 0 Å². The van der Waals surface area contributed by atoms with E-state index in [1.54, 1.807) is 11.0 Å². The monoisotopic (exact) mass is 303 g/mol. The summed E-state index contributed by atoms with van der Waals surface area (Å²) < 4.78 is 5.19. The standard InChI is InChI=1S/C12H9N5OS2/c13-5-9(17-1-3-18-4-2-17)11(7-15)20-12(8-16)10(19)6-14/h16H,1-4H2/b11-9-. The smallest absolute Gasteiger partial charge is 0.141 e. The molecule has 0 aromatic carbocycles. The Bertz CT molecular complexity index is 607. The average molecular weight is 303 g/mol. The molecule has 0 bridgehead atoms. The van der Waals surface area contributed by atoms with Crippen molar-refractivity contribution in [1.29, 1.82) is 21.2 Å². The van der Waals surface area contributed by atoms with E-state index in [4.69, 9.17) is 27.6 Å². The number of nitrogens with one attached hydrogen (secondary N) is 1. The predicted molar refractivity (Wildman–Crippen MR) is 77.7 cm³/mol. The highest BCUT2D eigenvalue weighted by Gasteiger charge is 2.20. The molecule has 0 aromatic heterocycles. The van der Waals surface area contributed by atoms with E-state index in [-0.39, 0.29) is 20.4 Å². The van der Waals surface area contributed by atoms with Crippen molar-refractivity contribution in [1.82, 2.24) is 4.90 Å². The predicted octanol–water partition coefficient (Wildman–Crippen LogP) is 1.34. The maximum atomic E-state index is 9.23. The normalized spacial score (nSPS) is 14.9. The average Bonchev–Trinajstić information content (AvgIpc) is 2.51. The molecule has 20 heavy (non-hydrogen) atoms. The van der Waals surface area contributed by atoms with Crippen LogP contribution in [0.3, 0.4) is 0 Å².